The Kier molecular flexibility index (Phi) is 4.84. The van der Waals surface area contributed by atoms with Gasteiger partial charge in [-0.25, -0.2) is 9.97 Å². The minimum absolute atomic E-state index is 0.918. The molecule has 0 bridgehead atoms. The highest BCUT2D eigenvalue weighted by Crippen LogP contribution is 2.32. The summed E-state index contributed by atoms with van der Waals surface area (Å²) in [5, 5.41) is 0. The molecular weight excluding hydrogens is 416 g/mol. The maximum Gasteiger partial charge on any atom is 0.144 e. The van der Waals surface area contributed by atoms with Gasteiger partial charge in [-0.3, -0.25) is 9.13 Å². The van der Waals surface area contributed by atoms with Crippen LogP contribution in [0.25, 0.3) is 44.9 Å². The molecule has 164 valence electrons. The normalized spacial score (nSPS) is 11.2. The average molecular weight is 441 g/mol. The Morgan fingerprint density at radius 1 is 0.618 bits per heavy atom. The van der Waals surface area contributed by atoms with Gasteiger partial charge in [-0.1, -0.05) is 48.5 Å². The van der Waals surface area contributed by atoms with Crippen molar-refractivity contribution in [3.05, 3.63) is 121 Å². The highest BCUT2D eigenvalue weighted by atomic mass is 15.1. The molecule has 4 nitrogen and oxygen atoms in total. The first-order chi connectivity index (χ1) is 16.7. The van der Waals surface area contributed by atoms with E-state index >= 15 is 0 Å². The van der Waals surface area contributed by atoms with Crippen LogP contribution in [0.5, 0.6) is 0 Å². The lowest BCUT2D eigenvalue weighted by atomic mass is 9.98. The molecule has 2 aromatic heterocycles. The summed E-state index contributed by atoms with van der Waals surface area (Å²) in [6, 6.07) is 31.7. The van der Waals surface area contributed by atoms with Gasteiger partial charge in [0.25, 0.3) is 0 Å². The second-order valence-electron chi connectivity index (χ2n) is 8.60. The summed E-state index contributed by atoms with van der Waals surface area (Å²) < 4.78 is 4.32. The first-order valence-electron chi connectivity index (χ1n) is 11.4. The minimum atomic E-state index is 0.918. The van der Waals surface area contributed by atoms with Crippen LogP contribution in [0.3, 0.4) is 0 Å². The Morgan fingerprint density at radius 3 is 2.06 bits per heavy atom. The molecule has 6 aromatic rings. The molecule has 0 N–H and O–H groups in total. The molecule has 0 aliphatic rings. The quantitative estimate of drug-likeness (QED) is 0.291. The standard InChI is InChI=1S/C30H24N4/c1-21-17-25(23-9-5-3-6-10-23)18-22(2)29(21)33-16-15-31-30(33)24-13-14-27-28(19-24)34(20-32-27)26-11-7-4-8-12-26/h3-20H,1-2H3. The van der Waals surface area contributed by atoms with Gasteiger partial charge in [-0.15, -0.1) is 0 Å². The van der Waals surface area contributed by atoms with Crippen molar-refractivity contribution in [3.63, 3.8) is 0 Å². The minimum Gasteiger partial charge on any atom is -0.299 e. The summed E-state index contributed by atoms with van der Waals surface area (Å²) in [5.74, 6) is 0.918. The van der Waals surface area contributed by atoms with E-state index in [4.69, 9.17) is 4.98 Å². The lowest BCUT2D eigenvalue weighted by molar-refractivity contribution is 1.03. The Labute approximate surface area is 198 Å². The summed E-state index contributed by atoms with van der Waals surface area (Å²) >= 11 is 0. The van der Waals surface area contributed by atoms with Crippen molar-refractivity contribution in [3.8, 4) is 33.9 Å². The van der Waals surface area contributed by atoms with Crippen LogP contribution in [0.15, 0.2) is 110 Å². The van der Waals surface area contributed by atoms with Crippen molar-refractivity contribution in [2.24, 2.45) is 0 Å². The summed E-state index contributed by atoms with van der Waals surface area (Å²) in [5.41, 5.74) is 10.2. The van der Waals surface area contributed by atoms with E-state index in [-0.39, 0.29) is 0 Å². The topological polar surface area (TPSA) is 35.6 Å². The van der Waals surface area contributed by atoms with Gasteiger partial charge in [0.05, 0.1) is 16.7 Å². The number of fused-ring (bicyclic) bond motifs is 1. The maximum absolute atomic E-state index is 4.75. The van der Waals surface area contributed by atoms with Gasteiger partial charge in [0.15, 0.2) is 0 Å². The molecule has 0 saturated heterocycles. The fourth-order valence-electron chi connectivity index (χ4n) is 4.77. The molecule has 0 aliphatic heterocycles. The third-order valence-electron chi connectivity index (χ3n) is 6.32. The Bertz CT molecular complexity index is 1590. The molecule has 0 atom stereocenters. The molecule has 0 spiro atoms. The summed E-state index contributed by atoms with van der Waals surface area (Å²) in [6.45, 7) is 4.35. The van der Waals surface area contributed by atoms with Crippen molar-refractivity contribution in [1.82, 2.24) is 19.1 Å². The van der Waals surface area contributed by atoms with Crippen LogP contribution in [-0.4, -0.2) is 19.1 Å². The highest BCUT2D eigenvalue weighted by Gasteiger charge is 2.15. The lowest BCUT2D eigenvalue weighted by Gasteiger charge is -2.16. The fourth-order valence-corrected chi connectivity index (χ4v) is 4.77. The SMILES string of the molecule is Cc1cc(-c2ccccc2)cc(C)c1-n1ccnc1-c1ccc2ncn(-c3ccccc3)c2c1. The average Bonchev–Trinajstić information content (AvgIpc) is 3.52. The Balaban J connectivity index is 1.46. The van der Waals surface area contributed by atoms with Crippen LogP contribution in [-0.2, 0) is 0 Å². The zero-order chi connectivity index (χ0) is 23.1. The molecule has 4 aromatic carbocycles. The van der Waals surface area contributed by atoms with Crippen LogP contribution < -0.4 is 0 Å². The number of aromatic nitrogens is 4. The summed E-state index contributed by atoms with van der Waals surface area (Å²) in [4.78, 5) is 9.35. The van der Waals surface area contributed by atoms with E-state index in [0.29, 0.717) is 0 Å². The van der Waals surface area contributed by atoms with Crippen molar-refractivity contribution >= 4 is 11.0 Å². The third-order valence-corrected chi connectivity index (χ3v) is 6.32. The van der Waals surface area contributed by atoms with Crippen LogP contribution in [0.1, 0.15) is 11.1 Å². The van der Waals surface area contributed by atoms with E-state index < -0.39 is 0 Å². The van der Waals surface area contributed by atoms with Crippen LogP contribution in [0, 0.1) is 13.8 Å². The largest absolute Gasteiger partial charge is 0.299 e. The second kappa shape index (κ2) is 8.16. The predicted octanol–water partition coefficient (Wildman–Crippen LogP) is 7.16. The highest BCUT2D eigenvalue weighted by molar-refractivity contribution is 5.83. The lowest BCUT2D eigenvalue weighted by Crippen LogP contribution is -2.02. The number of hydrogen-bond donors (Lipinski definition) is 0. The number of benzene rings is 4. The van der Waals surface area contributed by atoms with Crippen LogP contribution in [0.4, 0.5) is 0 Å². The van der Waals surface area contributed by atoms with E-state index in [1.165, 1.54) is 27.9 Å². The molecule has 0 aliphatic carbocycles. The molecule has 0 amide bonds. The zero-order valence-electron chi connectivity index (χ0n) is 19.2. The molecule has 6 rings (SSSR count). The van der Waals surface area contributed by atoms with Crippen LogP contribution >= 0.6 is 0 Å². The van der Waals surface area contributed by atoms with Gasteiger partial charge in [-0.05, 0) is 78.6 Å². The van der Waals surface area contributed by atoms with Crippen molar-refractivity contribution in [1.29, 1.82) is 0 Å². The number of para-hydroxylation sites is 1. The van der Waals surface area contributed by atoms with Gasteiger partial charge in [0.2, 0.25) is 0 Å². The molecule has 0 radical (unpaired) electrons. The molecule has 0 saturated carbocycles. The zero-order valence-corrected chi connectivity index (χ0v) is 19.2. The number of imidazole rings is 2. The first kappa shape index (κ1) is 20.2. The summed E-state index contributed by atoms with van der Waals surface area (Å²) in [7, 11) is 0. The Hall–Kier alpha value is -4.44. The van der Waals surface area contributed by atoms with E-state index in [1.54, 1.807) is 0 Å². The number of aryl methyl sites for hydroxylation is 2. The van der Waals surface area contributed by atoms with E-state index in [9.17, 15) is 0 Å². The van der Waals surface area contributed by atoms with Gasteiger partial charge in [0, 0.05) is 23.6 Å². The molecule has 0 unspecified atom stereocenters. The van der Waals surface area contributed by atoms with Gasteiger partial charge >= 0.3 is 0 Å². The monoisotopic (exact) mass is 440 g/mol. The van der Waals surface area contributed by atoms with E-state index in [0.717, 1.165) is 28.1 Å². The van der Waals surface area contributed by atoms with Crippen molar-refractivity contribution < 1.29 is 0 Å². The smallest absolute Gasteiger partial charge is 0.144 e. The molecule has 0 fully saturated rings. The number of rotatable bonds is 4. The molecular formula is C30H24N4. The molecule has 2 heterocycles. The van der Waals surface area contributed by atoms with Crippen molar-refractivity contribution in [2.75, 3.05) is 0 Å². The van der Waals surface area contributed by atoms with Gasteiger partial charge in [0.1, 0.15) is 12.2 Å². The number of hydrogen-bond acceptors (Lipinski definition) is 2. The maximum atomic E-state index is 4.75. The van der Waals surface area contributed by atoms with E-state index in [2.05, 4.69) is 101 Å². The van der Waals surface area contributed by atoms with Gasteiger partial charge < -0.3 is 0 Å². The van der Waals surface area contributed by atoms with Gasteiger partial charge in [-0.2, -0.15) is 0 Å². The van der Waals surface area contributed by atoms with E-state index in [1.807, 2.05) is 36.9 Å². The summed E-state index contributed by atoms with van der Waals surface area (Å²) in [6.07, 6.45) is 5.80. The molecule has 34 heavy (non-hydrogen) atoms. The van der Waals surface area contributed by atoms with Crippen LogP contribution in [0.2, 0.25) is 0 Å². The third kappa shape index (κ3) is 3.41. The molecule has 4 heteroatoms. The Morgan fingerprint density at radius 2 is 1.32 bits per heavy atom. The van der Waals surface area contributed by atoms with Crippen molar-refractivity contribution in [2.45, 2.75) is 13.8 Å². The number of nitrogens with zero attached hydrogens (tertiary/aromatic N) is 4. The predicted molar refractivity (Wildman–Crippen MR) is 139 cm³/mol. The first-order valence-corrected chi connectivity index (χ1v) is 11.4. The second-order valence-corrected chi connectivity index (χ2v) is 8.60. The fraction of sp³-hybridized carbons (Fsp3) is 0.0667.